The lowest BCUT2D eigenvalue weighted by molar-refractivity contribution is -0.121. The number of hydrogen-bond acceptors (Lipinski definition) is 3. The van der Waals surface area contributed by atoms with E-state index in [9.17, 15) is 4.79 Å². The molecule has 0 aromatic heterocycles. The van der Waals surface area contributed by atoms with E-state index in [1.165, 1.54) is 0 Å². The maximum atomic E-state index is 11.6. The van der Waals surface area contributed by atoms with E-state index in [0.717, 1.165) is 25.2 Å². The Balaban J connectivity index is 1.66. The molecule has 0 aliphatic carbocycles. The molecule has 98 valence electrons. The zero-order valence-electron chi connectivity index (χ0n) is 10.1. The lowest BCUT2D eigenvalue weighted by atomic mass is 10.1. The van der Waals surface area contributed by atoms with Crippen molar-refractivity contribution in [1.82, 2.24) is 5.32 Å². The van der Waals surface area contributed by atoms with E-state index >= 15 is 0 Å². The molecule has 2 N–H and O–H groups in total. The number of hydrogen-bond donors (Lipinski definition) is 2. The summed E-state index contributed by atoms with van der Waals surface area (Å²) in [7, 11) is 0. The smallest absolute Gasteiger partial charge is 0.250 e. The zero-order chi connectivity index (χ0) is 12.8. The second kappa shape index (κ2) is 6.73. The third-order valence-corrected chi connectivity index (χ3v) is 3.13. The first-order valence-corrected chi connectivity index (χ1v) is 6.46. The normalized spacial score (nSPS) is 18.8. The van der Waals surface area contributed by atoms with Crippen LogP contribution in [0.25, 0.3) is 0 Å². The van der Waals surface area contributed by atoms with Gasteiger partial charge >= 0.3 is 0 Å². The quantitative estimate of drug-likeness (QED) is 0.858. The number of carbonyl (C=O) groups excluding carboxylic acids is 1. The van der Waals surface area contributed by atoms with Gasteiger partial charge in [0.15, 0.2) is 0 Å². The lowest BCUT2D eigenvalue weighted by Gasteiger charge is -2.09. The van der Waals surface area contributed by atoms with Crippen molar-refractivity contribution in [3.05, 3.63) is 29.3 Å². The number of ether oxygens (including phenoxy) is 1. The SMILES string of the molecule is O=C(COCC1CCNC1)Nc1ccc(Cl)cc1. The van der Waals surface area contributed by atoms with Crippen LogP contribution in [0.5, 0.6) is 0 Å². The highest BCUT2D eigenvalue weighted by Crippen LogP contribution is 2.13. The van der Waals surface area contributed by atoms with Crippen molar-refractivity contribution in [2.75, 3.05) is 31.6 Å². The molecule has 1 fully saturated rings. The van der Waals surface area contributed by atoms with Crippen LogP contribution in [0, 0.1) is 5.92 Å². The fraction of sp³-hybridized carbons (Fsp3) is 0.462. The number of amides is 1. The largest absolute Gasteiger partial charge is 0.371 e. The maximum absolute atomic E-state index is 11.6. The molecule has 1 heterocycles. The molecule has 0 saturated carbocycles. The first kappa shape index (κ1) is 13.3. The van der Waals surface area contributed by atoms with Crippen molar-refractivity contribution < 1.29 is 9.53 Å². The van der Waals surface area contributed by atoms with Gasteiger partial charge < -0.3 is 15.4 Å². The summed E-state index contributed by atoms with van der Waals surface area (Å²) in [6.45, 7) is 2.77. The summed E-state index contributed by atoms with van der Waals surface area (Å²) in [5, 5.41) is 6.67. The Kier molecular flexibility index (Phi) is 4.99. The number of benzene rings is 1. The van der Waals surface area contributed by atoms with Crippen molar-refractivity contribution in [3.8, 4) is 0 Å². The summed E-state index contributed by atoms with van der Waals surface area (Å²) in [4.78, 5) is 11.6. The summed E-state index contributed by atoms with van der Waals surface area (Å²) in [5.74, 6) is 0.400. The number of halogens is 1. The molecule has 18 heavy (non-hydrogen) atoms. The average Bonchev–Trinajstić information content (AvgIpc) is 2.85. The fourth-order valence-corrected chi connectivity index (χ4v) is 2.03. The highest BCUT2D eigenvalue weighted by atomic mass is 35.5. The van der Waals surface area contributed by atoms with Gasteiger partial charge in [-0.2, -0.15) is 0 Å². The van der Waals surface area contributed by atoms with Gasteiger partial charge in [-0.3, -0.25) is 4.79 Å². The minimum Gasteiger partial charge on any atom is -0.371 e. The van der Waals surface area contributed by atoms with Gasteiger partial charge in [-0.25, -0.2) is 0 Å². The number of nitrogens with one attached hydrogen (secondary N) is 2. The molecule has 1 aliphatic rings. The average molecular weight is 269 g/mol. The Bertz CT molecular complexity index is 388. The molecule has 2 rings (SSSR count). The van der Waals surface area contributed by atoms with Gasteiger partial charge in [0.2, 0.25) is 5.91 Å². The van der Waals surface area contributed by atoms with Gasteiger partial charge in [-0.15, -0.1) is 0 Å². The first-order chi connectivity index (χ1) is 8.74. The molecular formula is C13H17ClN2O2. The first-order valence-electron chi connectivity index (χ1n) is 6.08. The van der Waals surface area contributed by atoms with Crippen LogP contribution in [0.2, 0.25) is 5.02 Å². The van der Waals surface area contributed by atoms with Gasteiger partial charge in [0.05, 0.1) is 6.61 Å². The maximum Gasteiger partial charge on any atom is 0.250 e. The zero-order valence-corrected chi connectivity index (χ0v) is 10.9. The van der Waals surface area contributed by atoms with Crippen LogP contribution in [-0.4, -0.2) is 32.2 Å². The van der Waals surface area contributed by atoms with Crippen molar-refractivity contribution in [2.24, 2.45) is 5.92 Å². The van der Waals surface area contributed by atoms with E-state index in [2.05, 4.69) is 10.6 Å². The molecule has 0 radical (unpaired) electrons. The molecule has 1 aromatic carbocycles. The van der Waals surface area contributed by atoms with Gasteiger partial charge in [-0.1, -0.05) is 11.6 Å². The second-order valence-corrected chi connectivity index (χ2v) is 4.87. The Labute approximate surface area is 112 Å². The Hall–Kier alpha value is -1.10. The third kappa shape index (κ3) is 4.29. The van der Waals surface area contributed by atoms with E-state index < -0.39 is 0 Å². The summed E-state index contributed by atoms with van der Waals surface area (Å²) in [6, 6.07) is 7.01. The summed E-state index contributed by atoms with van der Waals surface area (Å²) < 4.78 is 5.40. The van der Waals surface area contributed by atoms with Crippen LogP contribution >= 0.6 is 11.6 Å². The predicted octanol–water partition coefficient (Wildman–Crippen LogP) is 1.90. The molecule has 1 aliphatic heterocycles. The van der Waals surface area contributed by atoms with Gasteiger partial charge in [0.1, 0.15) is 6.61 Å². The summed E-state index contributed by atoms with van der Waals surface area (Å²) >= 11 is 5.76. The van der Waals surface area contributed by atoms with Crippen LogP contribution in [-0.2, 0) is 9.53 Å². The fourth-order valence-electron chi connectivity index (χ4n) is 1.91. The number of rotatable bonds is 5. The van der Waals surface area contributed by atoms with E-state index in [0.29, 0.717) is 17.5 Å². The predicted molar refractivity (Wildman–Crippen MR) is 71.9 cm³/mol. The number of carbonyl (C=O) groups is 1. The third-order valence-electron chi connectivity index (χ3n) is 2.88. The minimum absolute atomic E-state index is 0.0964. The highest BCUT2D eigenvalue weighted by molar-refractivity contribution is 6.30. The van der Waals surface area contributed by atoms with Crippen LogP contribution < -0.4 is 10.6 Å². The van der Waals surface area contributed by atoms with Crippen molar-refractivity contribution >= 4 is 23.2 Å². The molecule has 4 nitrogen and oxygen atoms in total. The monoisotopic (exact) mass is 268 g/mol. The molecule has 1 aromatic rings. The standard InChI is InChI=1S/C13H17ClN2O2/c14-11-1-3-12(4-2-11)16-13(17)9-18-8-10-5-6-15-7-10/h1-4,10,15H,5-9H2,(H,16,17). The van der Waals surface area contributed by atoms with E-state index in [1.807, 2.05) is 0 Å². The molecule has 0 spiro atoms. The van der Waals surface area contributed by atoms with Gasteiger partial charge in [0.25, 0.3) is 0 Å². The topological polar surface area (TPSA) is 50.4 Å². The van der Waals surface area contributed by atoms with E-state index in [1.54, 1.807) is 24.3 Å². The summed E-state index contributed by atoms with van der Waals surface area (Å²) in [5.41, 5.74) is 0.732. The van der Waals surface area contributed by atoms with E-state index in [4.69, 9.17) is 16.3 Å². The summed E-state index contributed by atoms with van der Waals surface area (Å²) in [6.07, 6.45) is 1.12. The second-order valence-electron chi connectivity index (χ2n) is 4.43. The molecule has 5 heteroatoms. The van der Waals surface area contributed by atoms with Crippen LogP contribution in [0.1, 0.15) is 6.42 Å². The van der Waals surface area contributed by atoms with Gasteiger partial charge in [0, 0.05) is 17.3 Å². The highest BCUT2D eigenvalue weighted by Gasteiger charge is 2.14. The molecule has 1 amide bonds. The van der Waals surface area contributed by atoms with Crippen molar-refractivity contribution in [3.63, 3.8) is 0 Å². The molecule has 1 atom stereocenters. The van der Waals surface area contributed by atoms with E-state index in [-0.39, 0.29) is 12.5 Å². The van der Waals surface area contributed by atoms with Crippen LogP contribution in [0.15, 0.2) is 24.3 Å². The molecule has 1 saturated heterocycles. The Morgan fingerprint density at radius 1 is 1.44 bits per heavy atom. The Morgan fingerprint density at radius 3 is 2.89 bits per heavy atom. The lowest BCUT2D eigenvalue weighted by Crippen LogP contribution is -2.21. The van der Waals surface area contributed by atoms with Crippen LogP contribution in [0.4, 0.5) is 5.69 Å². The minimum atomic E-state index is -0.136. The molecular weight excluding hydrogens is 252 g/mol. The molecule has 0 bridgehead atoms. The number of anilines is 1. The van der Waals surface area contributed by atoms with Crippen LogP contribution in [0.3, 0.4) is 0 Å². The van der Waals surface area contributed by atoms with Gasteiger partial charge in [-0.05, 0) is 43.1 Å². The molecule has 1 unspecified atom stereocenters. The van der Waals surface area contributed by atoms with Crippen molar-refractivity contribution in [1.29, 1.82) is 0 Å². The Morgan fingerprint density at radius 2 is 2.22 bits per heavy atom. The van der Waals surface area contributed by atoms with Crippen molar-refractivity contribution in [2.45, 2.75) is 6.42 Å².